The monoisotopic (exact) mass is 316 g/mol. The van der Waals surface area contributed by atoms with Crippen molar-refractivity contribution in [2.24, 2.45) is 0 Å². The summed E-state index contributed by atoms with van der Waals surface area (Å²) in [5.74, 6) is 0.683. The van der Waals surface area contributed by atoms with Crippen LogP contribution >= 0.6 is 11.8 Å². The van der Waals surface area contributed by atoms with Gasteiger partial charge in [-0.05, 0) is 32.2 Å². The molecule has 0 N–H and O–H groups in total. The van der Waals surface area contributed by atoms with Gasteiger partial charge in [-0.2, -0.15) is 0 Å². The van der Waals surface area contributed by atoms with E-state index in [-0.39, 0.29) is 11.2 Å². The van der Waals surface area contributed by atoms with Crippen LogP contribution in [0.15, 0.2) is 40.9 Å². The molecule has 4 nitrogen and oxygen atoms in total. The number of piperidine rings is 1. The Kier molecular flexibility index (Phi) is 4.95. The Morgan fingerprint density at radius 2 is 1.95 bits per heavy atom. The Labute approximate surface area is 134 Å². The number of carbonyl (C=O) groups excluding carboxylic acids is 1. The van der Waals surface area contributed by atoms with Crippen molar-refractivity contribution in [3.8, 4) is 11.3 Å². The second kappa shape index (κ2) is 7.11. The molecule has 1 fully saturated rings. The van der Waals surface area contributed by atoms with Crippen LogP contribution in [0.5, 0.6) is 0 Å². The van der Waals surface area contributed by atoms with E-state index in [0.717, 1.165) is 18.7 Å². The predicted molar refractivity (Wildman–Crippen MR) is 89.0 cm³/mol. The molecule has 116 valence electrons. The van der Waals surface area contributed by atoms with Gasteiger partial charge in [0.15, 0.2) is 11.5 Å². The van der Waals surface area contributed by atoms with Gasteiger partial charge < -0.3 is 4.52 Å². The van der Waals surface area contributed by atoms with Crippen molar-refractivity contribution in [2.45, 2.75) is 24.6 Å². The standard InChI is InChI=1S/C17H20N2O2S/c1-22-17(19-10-6-3-7-11-19)16(20)14-12-15(21-18-14)13-8-4-2-5-9-13/h2,4-5,8-9,12,17H,3,6-7,10-11H2,1H3. The third-order valence-electron chi connectivity index (χ3n) is 3.99. The molecular weight excluding hydrogens is 296 g/mol. The number of ketones is 1. The molecule has 0 bridgehead atoms. The van der Waals surface area contributed by atoms with Crippen molar-refractivity contribution in [2.75, 3.05) is 19.3 Å². The van der Waals surface area contributed by atoms with Crippen LogP contribution in [-0.2, 0) is 0 Å². The van der Waals surface area contributed by atoms with Gasteiger partial charge in [-0.25, -0.2) is 0 Å². The number of hydrogen-bond donors (Lipinski definition) is 0. The van der Waals surface area contributed by atoms with E-state index in [4.69, 9.17) is 4.52 Å². The molecular formula is C17H20N2O2S. The van der Waals surface area contributed by atoms with Crippen LogP contribution in [0.1, 0.15) is 29.8 Å². The third kappa shape index (κ3) is 3.25. The summed E-state index contributed by atoms with van der Waals surface area (Å²) in [6.45, 7) is 1.97. The van der Waals surface area contributed by atoms with Crippen LogP contribution in [0, 0.1) is 0 Å². The van der Waals surface area contributed by atoms with Gasteiger partial charge in [0, 0.05) is 11.6 Å². The van der Waals surface area contributed by atoms with Crippen molar-refractivity contribution in [3.05, 3.63) is 42.1 Å². The summed E-state index contributed by atoms with van der Waals surface area (Å²) in [5.41, 5.74) is 1.36. The fraction of sp³-hybridized carbons (Fsp3) is 0.412. The molecule has 0 amide bonds. The van der Waals surface area contributed by atoms with Crippen molar-refractivity contribution in [1.82, 2.24) is 10.1 Å². The van der Waals surface area contributed by atoms with Crippen LogP contribution in [0.25, 0.3) is 11.3 Å². The summed E-state index contributed by atoms with van der Waals surface area (Å²) < 4.78 is 5.36. The molecule has 2 aromatic rings. The third-order valence-corrected chi connectivity index (χ3v) is 4.95. The number of Topliss-reactive ketones (excluding diaryl/α,β-unsaturated/α-hetero) is 1. The molecule has 1 aliphatic heterocycles. The maximum atomic E-state index is 12.7. The first-order valence-corrected chi connectivity index (χ1v) is 8.91. The number of aromatic nitrogens is 1. The Morgan fingerprint density at radius 1 is 1.23 bits per heavy atom. The van der Waals surface area contributed by atoms with E-state index < -0.39 is 0 Å². The number of benzene rings is 1. The lowest BCUT2D eigenvalue weighted by Gasteiger charge is -2.31. The smallest absolute Gasteiger partial charge is 0.211 e. The van der Waals surface area contributed by atoms with Gasteiger partial charge in [0.2, 0.25) is 5.78 Å². The Balaban J connectivity index is 1.78. The average molecular weight is 316 g/mol. The normalized spacial score (nSPS) is 17.3. The highest BCUT2D eigenvalue weighted by Gasteiger charge is 2.29. The lowest BCUT2D eigenvalue weighted by atomic mass is 10.1. The van der Waals surface area contributed by atoms with Gasteiger partial charge in [-0.1, -0.05) is 41.9 Å². The minimum absolute atomic E-state index is 0.0420. The van der Waals surface area contributed by atoms with Crippen LogP contribution < -0.4 is 0 Å². The van der Waals surface area contributed by atoms with E-state index in [1.54, 1.807) is 17.8 Å². The first kappa shape index (κ1) is 15.3. The van der Waals surface area contributed by atoms with Crippen molar-refractivity contribution in [1.29, 1.82) is 0 Å². The van der Waals surface area contributed by atoms with Crippen molar-refractivity contribution >= 4 is 17.5 Å². The molecule has 1 saturated heterocycles. The summed E-state index contributed by atoms with van der Waals surface area (Å²) in [4.78, 5) is 15.0. The summed E-state index contributed by atoms with van der Waals surface area (Å²) in [6.07, 6.45) is 5.57. The average Bonchev–Trinajstić information content (AvgIpc) is 3.07. The highest BCUT2D eigenvalue weighted by molar-refractivity contribution is 7.99. The fourth-order valence-corrected chi connectivity index (χ4v) is 3.67. The quantitative estimate of drug-likeness (QED) is 0.787. The second-order valence-electron chi connectivity index (χ2n) is 5.49. The first-order chi connectivity index (χ1) is 10.8. The molecule has 3 rings (SSSR count). The fourth-order valence-electron chi connectivity index (χ4n) is 2.83. The molecule has 0 aliphatic carbocycles. The number of carbonyl (C=O) groups is 1. The minimum atomic E-state index is -0.158. The molecule has 0 radical (unpaired) electrons. The lowest BCUT2D eigenvalue weighted by molar-refractivity contribution is 0.0876. The Hall–Kier alpha value is -1.59. The Bertz CT molecular complexity index is 621. The molecule has 2 heterocycles. The second-order valence-corrected chi connectivity index (χ2v) is 6.41. The van der Waals surface area contributed by atoms with E-state index in [9.17, 15) is 4.79 Å². The molecule has 22 heavy (non-hydrogen) atoms. The van der Waals surface area contributed by atoms with Crippen LogP contribution in [0.4, 0.5) is 0 Å². The van der Waals surface area contributed by atoms with Gasteiger partial charge >= 0.3 is 0 Å². The van der Waals surface area contributed by atoms with Crippen molar-refractivity contribution < 1.29 is 9.32 Å². The molecule has 1 aromatic carbocycles. The summed E-state index contributed by atoms with van der Waals surface area (Å²) in [6, 6.07) is 11.5. The Morgan fingerprint density at radius 3 is 2.64 bits per heavy atom. The maximum Gasteiger partial charge on any atom is 0.211 e. The lowest BCUT2D eigenvalue weighted by Crippen LogP contribution is -2.42. The zero-order valence-electron chi connectivity index (χ0n) is 12.7. The predicted octanol–water partition coefficient (Wildman–Crippen LogP) is 3.70. The van der Waals surface area contributed by atoms with E-state index >= 15 is 0 Å². The zero-order chi connectivity index (χ0) is 15.4. The van der Waals surface area contributed by atoms with Gasteiger partial charge in [-0.15, -0.1) is 11.8 Å². The SMILES string of the molecule is CSC(C(=O)c1cc(-c2ccccc2)on1)N1CCCCC1. The molecule has 1 atom stereocenters. The summed E-state index contributed by atoms with van der Waals surface area (Å²) in [5, 5.41) is 3.83. The molecule has 0 saturated carbocycles. The van der Waals surface area contributed by atoms with E-state index in [1.165, 1.54) is 19.3 Å². The zero-order valence-corrected chi connectivity index (χ0v) is 13.5. The van der Waals surface area contributed by atoms with Gasteiger partial charge in [-0.3, -0.25) is 9.69 Å². The molecule has 1 aliphatic rings. The van der Waals surface area contributed by atoms with E-state index in [1.807, 2.05) is 36.6 Å². The summed E-state index contributed by atoms with van der Waals surface area (Å²) in [7, 11) is 0. The molecule has 1 unspecified atom stereocenters. The maximum absolute atomic E-state index is 12.7. The largest absolute Gasteiger partial charge is 0.356 e. The number of thioether (sulfide) groups is 1. The number of likely N-dealkylation sites (tertiary alicyclic amines) is 1. The summed E-state index contributed by atoms with van der Waals surface area (Å²) >= 11 is 1.58. The van der Waals surface area contributed by atoms with Crippen LogP contribution in [0.2, 0.25) is 0 Å². The number of hydrogen-bond acceptors (Lipinski definition) is 5. The van der Waals surface area contributed by atoms with Gasteiger partial charge in [0.1, 0.15) is 5.37 Å². The highest BCUT2D eigenvalue weighted by Crippen LogP contribution is 2.25. The highest BCUT2D eigenvalue weighted by atomic mass is 32.2. The minimum Gasteiger partial charge on any atom is -0.356 e. The van der Waals surface area contributed by atoms with Crippen molar-refractivity contribution in [3.63, 3.8) is 0 Å². The number of nitrogens with zero attached hydrogens (tertiary/aromatic N) is 2. The topological polar surface area (TPSA) is 46.3 Å². The molecule has 0 spiro atoms. The van der Waals surface area contributed by atoms with Crippen LogP contribution in [-0.4, -0.2) is 40.6 Å². The number of rotatable bonds is 5. The van der Waals surface area contributed by atoms with Gasteiger partial charge in [0.25, 0.3) is 0 Å². The van der Waals surface area contributed by atoms with E-state index in [2.05, 4.69) is 10.1 Å². The first-order valence-electron chi connectivity index (χ1n) is 7.63. The van der Waals surface area contributed by atoms with Crippen LogP contribution in [0.3, 0.4) is 0 Å². The molecule has 5 heteroatoms. The van der Waals surface area contributed by atoms with Gasteiger partial charge in [0.05, 0.1) is 0 Å². The molecule has 1 aromatic heterocycles. The van der Waals surface area contributed by atoms with E-state index in [0.29, 0.717) is 11.5 Å².